The molecule has 0 spiro atoms. The van der Waals surface area contributed by atoms with Gasteiger partial charge in [-0.25, -0.2) is 4.58 Å². The van der Waals surface area contributed by atoms with E-state index < -0.39 is 0 Å². The minimum atomic E-state index is 0.302. The van der Waals surface area contributed by atoms with Crippen LogP contribution in [0.5, 0.6) is 0 Å². The van der Waals surface area contributed by atoms with E-state index in [9.17, 15) is 4.79 Å². The molecule has 1 fully saturated rings. The summed E-state index contributed by atoms with van der Waals surface area (Å²) in [6.45, 7) is 4.64. The van der Waals surface area contributed by atoms with E-state index >= 15 is 0 Å². The number of hydrogen-bond acceptors (Lipinski definition) is 2. The Labute approximate surface area is 160 Å². The number of carbonyl (C=O) groups is 1. The molecule has 0 amide bonds. The molecule has 1 saturated heterocycles. The third-order valence-electron chi connectivity index (χ3n) is 7.12. The maximum Gasteiger partial charge on any atom is 0.206 e. The fraction of sp³-hybridized carbons (Fsp3) is 0.500. The second kappa shape index (κ2) is 5.92. The highest BCUT2D eigenvalue weighted by atomic mass is 16.1. The van der Waals surface area contributed by atoms with Gasteiger partial charge in [0.2, 0.25) is 5.36 Å². The summed E-state index contributed by atoms with van der Waals surface area (Å²) in [5.41, 5.74) is 7.72. The van der Waals surface area contributed by atoms with Crippen LogP contribution >= 0.6 is 0 Å². The Morgan fingerprint density at radius 1 is 0.852 bits per heavy atom. The molecule has 0 aromatic heterocycles. The van der Waals surface area contributed by atoms with Gasteiger partial charge in [-0.1, -0.05) is 0 Å². The standard InChI is InChI=1S/C24H27N2O/c27-24-20-8-4-12-26-11-3-7-18(23(20)26)15-21(24)19-13-16-5-1-9-25-10-2-6-17(14-19)22(16)25/h13-15H,1-12H2/q+1. The molecule has 0 atom stereocenters. The van der Waals surface area contributed by atoms with Gasteiger partial charge >= 0.3 is 0 Å². The molecule has 5 aliphatic rings. The van der Waals surface area contributed by atoms with Crippen molar-refractivity contribution in [1.82, 2.24) is 9.48 Å². The molecule has 0 N–H and O–H groups in total. The summed E-state index contributed by atoms with van der Waals surface area (Å²) in [5.74, 6) is 0.302. The lowest BCUT2D eigenvalue weighted by Gasteiger charge is -2.40. The highest BCUT2D eigenvalue weighted by Gasteiger charge is 2.34. The van der Waals surface area contributed by atoms with Crippen molar-refractivity contribution < 1.29 is 4.79 Å². The van der Waals surface area contributed by atoms with Crippen LogP contribution in [-0.4, -0.2) is 36.9 Å². The molecule has 138 valence electrons. The molecule has 6 rings (SSSR count). The van der Waals surface area contributed by atoms with Gasteiger partial charge in [0.1, 0.15) is 13.1 Å². The van der Waals surface area contributed by atoms with Crippen molar-refractivity contribution in [3.63, 3.8) is 0 Å². The molecule has 4 aliphatic heterocycles. The summed E-state index contributed by atoms with van der Waals surface area (Å²) in [6.07, 6.45) is 11.5. The SMILES string of the molecule is O=C1C2=C3C(=CC1=c1cc4c5c(c1)CCC[N+]=5CCC4)CCCN3CCC2. The van der Waals surface area contributed by atoms with Gasteiger partial charge in [-0.05, 0) is 67.5 Å². The zero-order chi connectivity index (χ0) is 18.0. The second-order valence-corrected chi connectivity index (χ2v) is 8.77. The van der Waals surface area contributed by atoms with Gasteiger partial charge in [0.25, 0.3) is 0 Å². The van der Waals surface area contributed by atoms with E-state index in [1.165, 1.54) is 65.3 Å². The van der Waals surface area contributed by atoms with Crippen molar-refractivity contribution in [2.24, 2.45) is 0 Å². The van der Waals surface area contributed by atoms with E-state index in [2.05, 4.69) is 27.7 Å². The number of allylic oxidation sites excluding steroid dienone is 3. The number of Topliss-reactive ketones (excluding diaryl/α,β-unsaturated/α-hetero) is 1. The predicted octanol–water partition coefficient (Wildman–Crippen LogP) is 1.87. The highest BCUT2D eigenvalue weighted by Crippen LogP contribution is 2.39. The molecule has 0 radical (unpaired) electrons. The number of ketones is 1. The van der Waals surface area contributed by atoms with Crippen molar-refractivity contribution in [2.45, 2.75) is 51.4 Å². The molecule has 1 aromatic rings. The topological polar surface area (TPSA) is 23.3 Å². The average Bonchev–Trinajstić information content (AvgIpc) is 2.71. The monoisotopic (exact) mass is 359 g/mol. The Morgan fingerprint density at radius 3 is 2.30 bits per heavy atom. The van der Waals surface area contributed by atoms with Gasteiger partial charge in [-0.3, -0.25) is 4.79 Å². The first-order valence-corrected chi connectivity index (χ1v) is 10.8. The third-order valence-corrected chi connectivity index (χ3v) is 7.12. The summed E-state index contributed by atoms with van der Waals surface area (Å²) in [5, 5.41) is 2.67. The fourth-order valence-electron chi connectivity index (χ4n) is 6.00. The lowest BCUT2D eigenvalue weighted by atomic mass is 9.81. The van der Waals surface area contributed by atoms with Crippen LogP contribution in [0.2, 0.25) is 0 Å². The molecular formula is C24H27N2O+. The van der Waals surface area contributed by atoms with Crippen molar-refractivity contribution in [1.29, 1.82) is 0 Å². The van der Waals surface area contributed by atoms with Crippen LogP contribution in [0.15, 0.2) is 35.1 Å². The molecule has 3 nitrogen and oxygen atoms in total. The Bertz CT molecular complexity index is 1020. The lowest BCUT2D eigenvalue weighted by Crippen LogP contribution is -2.44. The molecule has 27 heavy (non-hydrogen) atoms. The Kier molecular flexibility index (Phi) is 3.48. The Balaban J connectivity index is 1.60. The molecule has 3 heteroatoms. The lowest BCUT2D eigenvalue weighted by molar-refractivity contribution is -0.111. The maximum atomic E-state index is 13.5. The largest absolute Gasteiger partial charge is 0.371 e. The molecule has 0 unspecified atom stereocenters. The van der Waals surface area contributed by atoms with E-state index in [1.807, 2.05) is 0 Å². The minimum absolute atomic E-state index is 0.302. The third kappa shape index (κ3) is 2.33. The number of benzene rings is 1. The van der Waals surface area contributed by atoms with Crippen molar-refractivity contribution in [3.05, 3.63) is 56.8 Å². The van der Waals surface area contributed by atoms with E-state index in [1.54, 1.807) is 0 Å². The van der Waals surface area contributed by atoms with Crippen LogP contribution in [0, 0.1) is 0 Å². The number of nitrogens with zero attached hydrogens (tertiary/aromatic N) is 2. The zero-order valence-corrected chi connectivity index (χ0v) is 16.0. The number of aryl methyl sites for hydroxylation is 2. The normalized spacial score (nSPS) is 23.9. The molecule has 4 heterocycles. The van der Waals surface area contributed by atoms with E-state index in [0.717, 1.165) is 56.3 Å². The first-order valence-electron chi connectivity index (χ1n) is 10.8. The summed E-state index contributed by atoms with van der Waals surface area (Å²) in [4.78, 5) is 15.9. The summed E-state index contributed by atoms with van der Waals surface area (Å²) < 4.78 is 2.58. The van der Waals surface area contributed by atoms with Crippen LogP contribution in [0.25, 0.3) is 5.57 Å². The van der Waals surface area contributed by atoms with E-state index in [4.69, 9.17) is 0 Å². The Hall–Kier alpha value is -2.16. The first kappa shape index (κ1) is 15.9. The van der Waals surface area contributed by atoms with Crippen LogP contribution in [0.1, 0.15) is 49.7 Å². The first-order chi connectivity index (χ1) is 13.3. The molecule has 0 saturated carbocycles. The smallest absolute Gasteiger partial charge is 0.206 e. The van der Waals surface area contributed by atoms with E-state index in [-0.39, 0.29) is 0 Å². The van der Waals surface area contributed by atoms with Crippen LogP contribution < -0.4 is 15.2 Å². The van der Waals surface area contributed by atoms with Gasteiger partial charge in [0, 0.05) is 53.9 Å². The van der Waals surface area contributed by atoms with Gasteiger partial charge in [0.05, 0.1) is 0 Å². The molecule has 0 bridgehead atoms. The van der Waals surface area contributed by atoms with Gasteiger partial charge in [0.15, 0.2) is 5.78 Å². The zero-order valence-electron chi connectivity index (χ0n) is 16.0. The molecular weight excluding hydrogens is 332 g/mol. The van der Waals surface area contributed by atoms with E-state index in [0.29, 0.717) is 5.78 Å². The molecule has 1 aromatic carbocycles. The summed E-state index contributed by atoms with van der Waals surface area (Å²) in [7, 11) is 0. The van der Waals surface area contributed by atoms with Gasteiger partial charge in [-0.2, -0.15) is 0 Å². The van der Waals surface area contributed by atoms with Crippen molar-refractivity contribution in [2.75, 3.05) is 26.2 Å². The predicted molar refractivity (Wildman–Crippen MR) is 107 cm³/mol. The van der Waals surface area contributed by atoms with Crippen LogP contribution in [-0.2, 0) is 17.6 Å². The van der Waals surface area contributed by atoms with Crippen molar-refractivity contribution in [3.8, 4) is 0 Å². The number of piperidine rings is 1. The minimum Gasteiger partial charge on any atom is -0.371 e. The van der Waals surface area contributed by atoms with Crippen LogP contribution in [0.3, 0.4) is 0 Å². The van der Waals surface area contributed by atoms with Gasteiger partial charge < -0.3 is 4.90 Å². The second-order valence-electron chi connectivity index (χ2n) is 8.77. The van der Waals surface area contributed by atoms with Crippen molar-refractivity contribution >= 4 is 11.4 Å². The quantitative estimate of drug-likeness (QED) is 0.660. The Morgan fingerprint density at radius 2 is 1.56 bits per heavy atom. The fourth-order valence-corrected chi connectivity index (χ4v) is 6.00. The number of rotatable bonds is 0. The average molecular weight is 359 g/mol. The highest BCUT2D eigenvalue weighted by molar-refractivity contribution is 6.28. The van der Waals surface area contributed by atoms with Crippen LogP contribution in [0.4, 0.5) is 0 Å². The number of carbonyl (C=O) groups excluding carboxylic acids is 1. The summed E-state index contributed by atoms with van der Waals surface area (Å²) >= 11 is 0. The number of hydrogen-bond donors (Lipinski definition) is 0. The molecule has 1 aliphatic carbocycles. The van der Waals surface area contributed by atoms with Gasteiger partial charge in [-0.15, -0.1) is 0 Å². The maximum absolute atomic E-state index is 13.5. The summed E-state index contributed by atoms with van der Waals surface area (Å²) in [6, 6.07) is 4.69.